The van der Waals surface area contributed by atoms with Crippen molar-refractivity contribution in [1.82, 2.24) is 20.4 Å². The Balaban J connectivity index is 1.31. The molecule has 0 saturated carbocycles. The van der Waals surface area contributed by atoms with Crippen LogP contribution >= 0.6 is 23.1 Å². The van der Waals surface area contributed by atoms with Gasteiger partial charge in [-0.15, -0.1) is 22.0 Å². The lowest BCUT2D eigenvalue weighted by atomic mass is 10.1. The Bertz CT molecular complexity index is 838. The van der Waals surface area contributed by atoms with Crippen molar-refractivity contribution in [3.05, 3.63) is 34.3 Å². The van der Waals surface area contributed by atoms with Gasteiger partial charge in [0.1, 0.15) is 10.8 Å². The predicted octanol–water partition coefficient (Wildman–Crippen LogP) is 3.02. The van der Waals surface area contributed by atoms with Gasteiger partial charge < -0.3 is 20.3 Å². The van der Waals surface area contributed by atoms with Gasteiger partial charge in [0.15, 0.2) is 0 Å². The highest BCUT2D eigenvalue weighted by Gasteiger charge is 2.14. The number of benzene rings is 1. The molecule has 3 rings (SSSR count). The Labute approximate surface area is 191 Å². The first-order valence-electron chi connectivity index (χ1n) is 10.5. The van der Waals surface area contributed by atoms with Gasteiger partial charge in [-0.3, -0.25) is 9.59 Å². The highest BCUT2D eigenvalue weighted by molar-refractivity contribution is 7.99. The smallest absolute Gasteiger partial charge is 0.286 e. The molecule has 1 saturated heterocycles. The minimum absolute atomic E-state index is 0.0330. The number of nitrogens with zero attached hydrogens (tertiary/aromatic N) is 3. The van der Waals surface area contributed by atoms with Gasteiger partial charge in [0.05, 0.1) is 12.9 Å². The van der Waals surface area contributed by atoms with E-state index in [0.717, 1.165) is 23.7 Å². The highest BCUT2D eigenvalue weighted by atomic mass is 32.2. The van der Waals surface area contributed by atoms with Crippen LogP contribution in [-0.2, 0) is 10.5 Å². The zero-order chi connectivity index (χ0) is 21.9. The van der Waals surface area contributed by atoms with Crippen molar-refractivity contribution in [3.8, 4) is 5.75 Å². The van der Waals surface area contributed by atoms with E-state index in [1.54, 1.807) is 31.4 Å². The minimum Gasteiger partial charge on any atom is -0.497 e. The number of carbonyl (C=O) groups is 2. The maximum absolute atomic E-state index is 12.3. The molecule has 0 radical (unpaired) electrons. The first-order chi connectivity index (χ1) is 15.1. The van der Waals surface area contributed by atoms with Gasteiger partial charge in [0, 0.05) is 18.0 Å². The number of amides is 2. The molecule has 1 aliphatic rings. The molecule has 0 spiro atoms. The first kappa shape index (κ1) is 23.5. The van der Waals surface area contributed by atoms with Crippen LogP contribution in [0.15, 0.2) is 24.3 Å². The third kappa shape index (κ3) is 8.12. The van der Waals surface area contributed by atoms with E-state index in [4.69, 9.17) is 4.74 Å². The van der Waals surface area contributed by atoms with Crippen molar-refractivity contribution in [3.63, 3.8) is 0 Å². The number of rotatable bonds is 11. The largest absolute Gasteiger partial charge is 0.497 e. The molecular weight excluding hydrogens is 434 g/mol. The number of thioether (sulfide) groups is 1. The van der Waals surface area contributed by atoms with Crippen LogP contribution in [0.25, 0.3) is 0 Å². The highest BCUT2D eigenvalue weighted by Crippen LogP contribution is 2.19. The summed E-state index contributed by atoms with van der Waals surface area (Å²) in [5.41, 5.74) is 0.661. The monoisotopic (exact) mass is 463 g/mol. The molecule has 0 bridgehead atoms. The van der Waals surface area contributed by atoms with Crippen molar-refractivity contribution in [2.75, 3.05) is 44.4 Å². The zero-order valence-corrected chi connectivity index (χ0v) is 19.4. The Hall–Kier alpha value is -2.17. The van der Waals surface area contributed by atoms with Crippen LogP contribution in [0.2, 0.25) is 0 Å². The zero-order valence-electron chi connectivity index (χ0n) is 17.8. The average Bonchev–Trinajstić information content (AvgIpc) is 3.27. The molecule has 31 heavy (non-hydrogen) atoms. The summed E-state index contributed by atoms with van der Waals surface area (Å²) in [7, 11) is 1.59. The Morgan fingerprint density at radius 1 is 1.16 bits per heavy atom. The molecule has 1 aromatic heterocycles. The standard InChI is InChI=1S/C21H29N5O3S2/c1-29-17-8-6-16(7-9-17)23-20(28)21-25-24-19(31-21)15-30-14-18(27)22-10-5-13-26-11-3-2-4-12-26/h6-9H,2-5,10-15H2,1H3,(H,22,27)(H,23,28). The van der Waals surface area contributed by atoms with Crippen LogP contribution < -0.4 is 15.4 Å². The third-order valence-electron chi connectivity index (χ3n) is 4.89. The van der Waals surface area contributed by atoms with Crippen molar-refractivity contribution in [2.24, 2.45) is 0 Å². The molecule has 2 N–H and O–H groups in total. The molecule has 0 aliphatic carbocycles. The quantitative estimate of drug-likeness (QED) is 0.495. The average molecular weight is 464 g/mol. The van der Waals surface area contributed by atoms with E-state index in [1.807, 2.05) is 0 Å². The van der Waals surface area contributed by atoms with Crippen molar-refractivity contribution >= 4 is 40.6 Å². The maximum Gasteiger partial charge on any atom is 0.286 e. The van der Waals surface area contributed by atoms with Gasteiger partial charge in [0.2, 0.25) is 10.9 Å². The third-order valence-corrected chi connectivity index (χ3v) is 6.94. The normalized spacial score (nSPS) is 14.2. The van der Waals surface area contributed by atoms with E-state index >= 15 is 0 Å². The van der Waals surface area contributed by atoms with Crippen LogP contribution in [0.1, 0.15) is 40.5 Å². The fraction of sp³-hybridized carbons (Fsp3) is 0.524. The maximum atomic E-state index is 12.3. The van der Waals surface area contributed by atoms with E-state index in [-0.39, 0.29) is 11.8 Å². The molecule has 0 unspecified atom stereocenters. The second kappa shape index (κ2) is 12.6. The molecule has 0 atom stereocenters. The summed E-state index contributed by atoms with van der Waals surface area (Å²) < 4.78 is 5.10. The SMILES string of the molecule is COc1ccc(NC(=O)c2nnc(CSCC(=O)NCCCN3CCCCC3)s2)cc1. The number of hydrogen-bond acceptors (Lipinski definition) is 8. The van der Waals surface area contributed by atoms with E-state index in [9.17, 15) is 9.59 Å². The van der Waals surface area contributed by atoms with Gasteiger partial charge in [-0.2, -0.15) is 0 Å². The molecule has 1 fully saturated rings. The summed E-state index contributed by atoms with van der Waals surface area (Å²) >= 11 is 2.71. The summed E-state index contributed by atoms with van der Waals surface area (Å²) in [4.78, 5) is 26.8. The number of carbonyl (C=O) groups excluding carboxylic acids is 2. The molecular formula is C21H29N5O3S2. The number of ether oxygens (including phenoxy) is 1. The lowest BCUT2D eigenvalue weighted by Gasteiger charge is -2.26. The molecule has 1 aliphatic heterocycles. The summed E-state index contributed by atoms with van der Waals surface area (Å²) in [5.74, 6) is 1.38. The summed E-state index contributed by atoms with van der Waals surface area (Å²) in [6.07, 6.45) is 4.91. The lowest BCUT2D eigenvalue weighted by molar-refractivity contribution is -0.118. The van der Waals surface area contributed by atoms with Crippen molar-refractivity contribution < 1.29 is 14.3 Å². The number of piperidine rings is 1. The minimum atomic E-state index is -0.301. The topological polar surface area (TPSA) is 96.5 Å². The molecule has 2 heterocycles. The second-order valence-corrected chi connectivity index (χ2v) is 9.33. The molecule has 10 heteroatoms. The molecule has 168 valence electrons. The number of hydrogen-bond donors (Lipinski definition) is 2. The summed E-state index contributed by atoms with van der Waals surface area (Å²) in [6, 6.07) is 7.08. The van der Waals surface area contributed by atoms with Gasteiger partial charge in [-0.05, 0) is 63.2 Å². The first-order valence-corrected chi connectivity index (χ1v) is 12.5. The summed E-state index contributed by atoms with van der Waals surface area (Å²) in [5, 5.41) is 14.8. The van der Waals surface area contributed by atoms with E-state index < -0.39 is 0 Å². The molecule has 2 amide bonds. The fourth-order valence-electron chi connectivity index (χ4n) is 3.26. The molecule has 2 aromatic rings. The van der Waals surface area contributed by atoms with Gasteiger partial charge in [-0.25, -0.2) is 0 Å². The van der Waals surface area contributed by atoms with Crippen LogP contribution in [0.3, 0.4) is 0 Å². The van der Waals surface area contributed by atoms with Gasteiger partial charge in [-0.1, -0.05) is 17.8 Å². The van der Waals surface area contributed by atoms with Crippen molar-refractivity contribution in [2.45, 2.75) is 31.4 Å². The Morgan fingerprint density at radius 3 is 2.68 bits per heavy atom. The number of likely N-dealkylation sites (tertiary alicyclic amines) is 1. The van der Waals surface area contributed by atoms with E-state index in [2.05, 4.69) is 25.7 Å². The van der Waals surface area contributed by atoms with Crippen molar-refractivity contribution in [1.29, 1.82) is 0 Å². The lowest BCUT2D eigenvalue weighted by Crippen LogP contribution is -2.33. The van der Waals surface area contributed by atoms with Crippen LogP contribution in [0.5, 0.6) is 5.75 Å². The Morgan fingerprint density at radius 2 is 1.94 bits per heavy atom. The fourth-order valence-corrected chi connectivity index (χ4v) is 4.90. The Kier molecular flexibility index (Phi) is 9.57. The number of nitrogens with one attached hydrogen (secondary N) is 2. The van der Waals surface area contributed by atoms with Crippen LogP contribution in [0.4, 0.5) is 5.69 Å². The number of anilines is 1. The van der Waals surface area contributed by atoms with E-state index in [1.165, 1.54) is 55.5 Å². The van der Waals surface area contributed by atoms with Gasteiger partial charge >= 0.3 is 0 Å². The second-order valence-electron chi connectivity index (χ2n) is 7.28. The number of methoxy groups -OCH3 is 1. The van der Waals surface area contributed by atoms with Gasteiger partial charge in [0.25, 0.3) is 5.91 Å². The molecule has 1 aromatic carbocycles. The number of aromatic nitrogens is 2. The predicted molar refractivity (Wildman–Crippen MR) is 125 cm³/mol. The van der Waals surface area contributed by atoms with Crippen LogP contribution in [0, 0.1) is 0 Å². The van der Waals surface area contributed by atoms with E-state index in [0.29, 0.717) is 28.7 Å². The molecule has 8 nitrogen and oxygen atoms in total. The summed E-state index contributed by atoms with van der Waals surface area (Å²) in [6.45, 7) is 4.14. The van der Waals surface area contributed by atoms with Crippen LogP contribution in [-0.4, -0.2) is 66.0 Å².